The SMILES string of the molecule is CC(C(=O)Nc1c[nH]c2ncc(Br)c(N3CCC[C@@H](NC(=O)OC(C)(C)C)C3)c12)c1ccccc1. The van der Waals surface area contributed by atoms with E-state index in [1.807, 2.05) is 58.0 Å². The Balaban J connectivity index is 1.57. The van der Waals surface area contributed by atoms with E-state index in [-0.39, 0.29) is 17.9 Å². The van der Waals surface area contributed by atoms with Crippen LogP contribution in [0, 0.1) is 0 Å². The number of H-pyrrole nitrogens is 1. The Morgan fingerprint density at radius 2 is 2.00 bits per heavy atom. The third-order valence-electron chi connectivity index (χ3n) is 6.04. The predicted octanol–water partition coefficient (Wildman–Crippen LogP) is 5.56. The summed E-state index contributed by atoms with van der Waals surface area (Å²) in [7, 11) is 0. The number of hydrogen-bond donors (Lipinski definition) is 3. The molecule has 3 N–H and O–H groups in total. The number of aromatic amines is 1. The first-order valence-electron chi connectivity index (χ1n) is 11.9. The van der Waals surface area contributed by atoms with Gasteiger partial charge in [0.1, 0.15) is 11.2 Å². The number of benzene rings is 1. The number of amides is 2. The van der Waals surface area contributed by atoms with Crippen LogP contribution in [0.1, 0.15) is 52.0 Å². The minimum absolute atomic E-state index is 0.0520. The number of carbonyl (C=O) groups is 2. The molecule has 0 radical (unpaired) electrons. The summed E-state index contributed by atoms with van der Waals surface area (Å²) in [6.07, 6.45) is 4.91. The summed E-state index contributed by atoms with van der Waals surface area (Å²) in [6.45, 7) is 8.89. The van der Waals surface area contributed by atoms with Gasteiger partial charge >= 0.3 is 6.09 Å². The molecule has 0 bridgehead atoms. The van der Waals surface area contributed by atoms with Crippen LogP contribution in [0.15, 0.2) is 47.2 Å². The number of anilines is 2. The number of pyridine rings is 1. The summed E-state index contributed by atoms with van der Waals surface area (Å²) in [6, 6.07) is 9.66. The fraction of sp³-hybridized carbons (Fsp3) is 0.423. The average molecular weight is 542 g/mol. The molecule has 9 heteroatoms. The summed E-state index contributed by atoms with van der Waals surface area (Å²) < 4.78 is 6.27. The lowest BCUT2D eigenvalue weighted by molar-refractivity contribution is -0.117. The molecular weight excluding hydrogens is 510 g/mol. The minimum atomic E-state index is -0.548. The molecule has 2 aromatic heterocycles. The van der Waals surface area contributed by atoms with Gasteiger partial charge in [-0.1, -0.05) is 30.3 Å². The molecule has 4 rings (SSSR count). The number of fused-ring (bicyclic) bond motifs is 1. The Kier molecular flexibility index (Phi) is 7.35. The zero-order valence-corrected chi connectivity index (χ0v) is 22.1. The molecule has 2 amide bonds. The number of aromatic nitrogens is 2. The molecule has 8 nitrogen and oxygen atoms in total. The Morgan fingerprint density at radius 3 is 2.71 bits per heavy atom. The van der Waals surface area contributed by atoms with E-state index >= 15 is 0 Å². The molecule has 0 saturated carbocycles. The van der Waals surface area contributed by atoms with Crippen molar-refractivity contribution in [2.75, 3.05) is 23.3 Å². The molecule has 0 spiro atoms. The van der Waals surface area contributed by atoms with Crippen molar-refractivity contribution < 1.29 is 14.3 Å². The van der Waals surface area contributed by atoms with Crippen LogP contribution in [-0.4, -0.2) is 46.7 Å². The van der Waals surface area contributed by atoms with E-state index in [0.717, 1.165) is 40.5 Å². The smallest absolute Gasteiger partial charge is 0.407 e. The van der Waals surface area contributed by atoms with Crippen LogP contribution in [0.2, 0.25) is 0 Å². The first kappa shape index (κ1) is 25.0. The largest absolute Gasteiger partial charge is 0.444 e. The molecule has 1 fully saturated rings. The number of nitrogens with one attached hydrogen (secondary N) is 3. The molecule has 186 valence electrons. The molecule has 35 heavy (non-hydrogen) atoms. The van der Waals surface area contributed by atoms with Gasteiger partial charge in [-0.05, 0) is 62.0 Å². The number of nitrogens with zero attached hydrogens (tertiary/aromatic N) is 2. The van der Waals surface area contributed by atoms with Crippen molar-refractivity contribution in [3.05, 3.63) is 52.8 Å². The maximum Gasteiger partial charge on any atom is 0.407 e. The third kappa shape index (κ3) is 5.96. The zero-order chi connectivity index (χ0) is 25.2. The monoisotopic (exact) mass is 541 g/mol. The van der Waals surface area contributed by atoms with E-state index in [2.05, 4.69) is 41.4 Å². The highest BCUT2D eigenvalue weighted by Crippen LogP contribution is 2.39. The molecule has 3 heterocycles. The van der Waals surface area contributed by atoms with Gasteiger partial charge in [0.25, 0.3) is 0 Å². The zero-order valence-electron chi connectivity index (χ0n) is 20.5. The quantitative estimate of drug-likeness (QED) is 0.392. The van der Waals surface area contributed by atoms with E-state index in [1.165, 1.54) is 0 Å². The molecule has 1 aliphatic rings. The van der Waals surface area contributed by atoms with Crippen LogP contribution in [0.25, 0.3) is 11.0 Å². The highest BCUT2D eigenvalue weighted by molar-refractivity contribution is 9.10. The summed E-state index contributed by atoms with van der Waals surface area (Å²) in [4.78, 5) is 35.3. The van der Waals surface area contributed by atoms with Crippen molar-refractivity contribution in [2.45, 2.75) is 58.1 Å². The Hall–Kier alpha value is -3.07. The number of carbonyl (C=O) groups excluding carboxylic acids is 2. The lowest BCUT2D eigenvalue weighted by Crippen LogP contribution is -2.49. The molecule has 1 unspecified atom stereocenters. The Morgan fingerprint density at radius 1 is 1.26 bits per heavy atom. The molecule has 1 aliphatic heterocycles. The van der Waals surface area contributed by atoms with Gasteiger partial charge in [-0.3, -0.25) is 4.79 Å². The third-order valence-corrected chi connectivity index (χ3v) is 6.62. The van der Waals surface area contributed by atoms with Crippen molar-refractivity contribution >= 4 is 50.3 Å². The Labute approximate surface area is 214 Å². The second-order valence-corrected chi connectivity index (χ2v) is 10.8. The number of alkyl carbamates (subject to hydrolysis) is 1. The lowest BCUT2D eigenvalue weighted by atomic mass is 10.0. The van der Waals surface area contributed by atoms with Crippen molar-refractivity contribution in [1.29, 1.82) is 0 Å². The number of rotatable bonds is 5. The summed E-state index contributed by atoms with van der Waals surface area (Å²) in [5.74, 6) is -0.395. The van der Waals surface area contributed by atoms with Gasteiger partial charge < -0.3 is 25.3 Å². The van der Waals surface area contributed by atoms with Crippen LogP contribution in [-0.2, 0) is 9.53 Å². The number of halogens is 1. The van der Waals surface area contributed by atoms with Gasteiger partial charge in [-0.2, -0.15) is 0 Å². The fourth-order valence-corrected chi connectivity index (χ4v) is 4.92. The van der Waals surface area contributed by atoms with E-state index in [9.17, 15) is 9.59 Å². The van der Waals surface area contributed by atoms with Gasteiger partial charge in [-0.15, -0.1) is 0 Å². The second kappa shape index (κ2) is 10.3. The number of hydrogen-bond acceptors (Lipinski definition) is 5. The van der Waals surface area contributed by atoms with Gasteiger partial charge in [0.15, 0.2) is 0 Å². The van der Waals surface area contributed by atoms with E-state index in [0.29, 0.717) is 17.9 Å². The van der Waals surface area contributed by atoms with Crippen LogP contribution >= 0.6 is 15.9 Å². The molecule has 0 aliphatic carbocycles. The lowest BCUT2D eigenvalue weighted by Gasteiger charge is -2.36. The fourth-order valence-electron chi connectivity index (χ4n) is 4.37. The maximum atomic E-state index is 13.1. The van der Waals surface area contributed by atoms with E-state index < -0.39 is 11.7 Å². The topological polar surface area (TPSA) is 99.4 Å². The highest BCUT2D eigenvalue weighted by atomic mass is 79.9. The normalized spacial score (nSPS) is 17.2. The minimum Gasteiger partial charge on any atom is -0.444 e. The van der Waals surface area contributed by atoms with Crippen LogP contribution in [0.3, 0.4) is 0 Å². The molecule has 1 saturated heterocycles. The van der Waals surface area contributed by atoms with Gasteiger partial charge in [0.05, 0.1) is 27.2 Å². The van der Waals surface area contributed by atoms with E-state index in [1.54, 1.807) is 12.4 Å². The Bertz CT molecular complexity index is 1200. The second-order valence-electron chi connectivity index (χ2n) is 9.93. The average Bonchev–Trinajstić information content (AvgIpc) is 3.20. The van der Waals surface area contributed by atoms with E-state index in [4.69, 9.17) is 4.74 Å². The van der Waals surface area contributed by atoms with Gasteiger partial charge in [-0.25, -0.2) is 9.78 Å². The van der Waals surface area contributed by atoms with Gasteiger partial charge in [0, 0.05) is 31.5 Å². The van der Waals surface area contributed by atoms with Crippen LogP contribution in [0.5, 0.6) is 0 Å². The first-order valence-corrected chi connectivity index (χ1v) is 12.7. The van der Waals surface area contributed by atoms with Crippen molar-refractivity contribution in [3.63, 3.8) is 0 Å². The standard InChI is InChI=1S/C26H32BrN5O3/c1-16(17-9-6-5-7-10-17)24(33)31-20-14-29-23-21(20)22(19(27)13-28-23)32-12-8-11-18(15-32)30-25(34)35-26(2,3)4/h5-7,9-10,13-14,16,18H,8,11-12,15H2,1-4H3,(H,28,29)(H,30,34)(H,31,33)/t16?,18-/m1/s1. The summed E-state index contributed by atoms with van der Waals surface area (Å²) >= 11 is 3.67. The molecule has 3 aromatic rings. The first-order chi connectivity index (χ1) is 16.6. The molecule has 2 atom stereocenters. The number of ether oxygens (including phenoxy) is 1. The van der Waals surface area contributed by atoms with Gasteiger partial charge in [0.2, 0.25) is 5.91 Å². The highest BCUT2D eigenvalue weighted by Gasteiger charge is 2.28. The summed E-state index contributed by atoms with van der Waals surface area (Å²) in [5.41, 5.74) is 2.71. The van der Waals surface area contributed by atoms with Crippen LogP contribution < -0.4 is 15.5 Å². The van der Waals surface area contributed by atoms with Crippen LogP contribution in [0.4, 0.5) is 16.2 Å². The summed E-state index contributed by atoms with van der Waals surface area (Å²) in [5, 5.41) is 6.94. The number of piperidine rings is 1. The maximum absolute atomic E-state index is 13.1. The molecular formula is C26H32BrN5O3. The predicted molar refractivity (Wildman–Crippen MR) is 142 cm³/mol. The van der Waals surface area contributed by atoms with Crippen molar-refractivity contribution in [2.24, 2.45) is 0 Å². The van der Waals surface area contributed by atoms with Crippen molar-refractivity contribution in [3.8, 4) is 0 Å². The molecule has 1 aromatic carbocycles. The van der Waals surface area contributed by atoms with Crippen molar-refractivity contribution in [1.82, 2.24) is 15.3 Å².